The molecule has 0 N–H and O–H groups in total. The summed E-state index contributed by atoms with van der Waals surface area (Å²) in [5.74, 6) is 0. The molecule has 12 heavy (non-hydrogen) atoms. The van der Waals surface area contributed by atoms with E-state index < -0.39 is 11.9 Å². The highest BCUT2D eigenvalue weighted by atomic mass is 19.4. The zero-order chi connectivity index (χ0) is 9.19. The maximum absolute atomic E-state index is 11.9. The van der Waals surface area contributed by atoms with Gasteiger partial charge in [0.15, 0.2) is 5.69 Å². The minimum absolute atomic E-state index is 0.468. The molecule has 0 saturated heterocycles. The first-order chi connectivity index (χ1) is 5.54. The van der Waals surface area contributed by atoms with Crippen LogP contribution in [0.15, 0.2) is 6.07 Å². The third-order valence-corrected chi connectivity index (χ3v) is 1.30. The van der Waals surface area contributed by atoms with E-state index in [0.29, 0.717) is 6.54 Å². The Morgan fingerprint density at radius 1 is 1.58 bits per heavy atom. The third kappa shape index (κ3) is 1.99. The molecule has 0 unspecified atom stereocenters. The minimum atomic E-state index is -4.35. The van der Waals surface area contributed by atoms with E-state index >= 15 is 0 Å². The van der Waals surface area contributed by atoms with Crippen LogP contribution in [0.1, 0.15) is 19.0 Å². The Morgan fingerprint density at radius 2 is 2.25 bits per heavy atom. The summed E-state index contributed by atoms with van der Waals surface area (Å²) < 4.78 is 37.0. The first-order valence-corrected chi connectivity index (χ1v) is 3.56. The molecule has 0 aliphatic heterocycles. The van der Waals surface area contributed by atoms with Crippen LogP contribution in [0.3, 0.4) is 0 Å². The molecule has 1 aromatic rings. The van der Waals surface area contributed by atoms with Gasteiger partial charge in [-0.2, -0.15) is 18.3 Å². The van der Waals surface area contributed by atoms with Crippen LogP contribution in [0.4, 0.5) is 13.2 Å². The Morgan fingerprint density at radius 3 is 2.67 bits per heavy atom. The number of aryl methyl sites for hydroxylation is 1. The summed E-state index contributed by atoms with van der Waals surface area (Å²) in [5, 5.41) is 3.31. The first kappa shape index (κ1) is 9.09. The Bertz CT molecular complexity index is 251. The van der Waals surface area contributed by atoms with Crippen LogP contribution in [-0.4, -0.2) is 9.78 Å². The van der Waals surface area contributed by atoms with Gasteiger partial charge >= 0.3 is 6.18 Å². The molecule has 0 amide bonds. The van der Waals surface area contributed by atoms with Crippen molar-refractivity contribution in [2.75, 3.05) is 0 Å². The van der Waals surface area contributed by atoms with Gasteiger partial charge in [0.05, 0.1) is 6.20 Å². The maximum atomic E-state index is 11.9. The van der Waals surface area contributed by atoms with Gasteiger partial charge < -0.3 is 0 Å². The van der Waals surface area contributed by atoms with Gasteiger partial charge in [-0.25, -0.2) is 0 Å². The topological polar surface area (TPSA) is 17.8 Å². The molecule has 0 bridgehead atoms. The number of aromatic nitrogens is 2. The summed E-state index contributed by atoms with van der Waals surface area (Å²) in [5.41, 5.74) is -0.879. The second-order valence-corrected chi connectivity index (χ2v) is 2.38. The zero-order valence-electron chi connectivity index (χ0n) is 6.52. The van der Waals surface area contributed by atoms with Crippen molar-refractivity contribution in [3.8, 4) is 0 Å². The molecule has 2 nitrogen and oxygen atoms in total. The summed E-state index contributed by atoms with van der Waals surface area (Å²) in [6.07, 6.45) is -1.21. The van der Waals surface area contributed by atoms with Crippen LogP contribution in [0.5, 0.6) is 0 Å². The van der Waals surface area contributed by atoms with E-state index in [9.17, 15) is 13.2 Å². The quantitative estimate of drug-likeness (QED) is 0.676. The van der Waals surface area contributed by atoms with Crippen LogP contribution in [0.2, 0.25) is 0 Å². The summed E-state index contributed by atoms with van der Waals surface area (Å²) in [7, 11) is 0. The maximum Gasteiger partial charge on any atom is 0.435 e. The highest BCUT2D eigenvalue weighted by Crippen LogP contribution is 2.26. The van der Waals surface area contributed by atoms with Gasteiger partial charge in [-0.3, -0.25) is 4.68 Å². The fourth-order valence-electron chi connectivity index (χ4n) is 0.788. The van der Waals surface area contributed by atoms with Gasteiger partial charge in [0.1, 0.15) is 0 Å². The Hall–Kier alpha value is -1.00. The molecule has 0 aromatic carbocycles. The largest absolute Gasteiger partial charge is 0.435 e. The molecule has 67 valence electrons. The fourth-order valence-corrected chi connectivity index (χ4v) is 0.788. The summed E-state index contributed by atoms with van der Waals surface area (Å²) in [6.45, 7) is 2.33. The molecule has 0 saturated carbocycles. The number of alkyl halides is 3. The predicted octanol–water partition coefficient (Wildman–Crippen LogP) is 2.11. The first-order valence-electron chi connectivity index (χ1n) is 3.56. The molecule has 0 aliphatic rings. The van der Waals surface area contributed by atoms with Crippen LogP contribution in [-0.2, 0) is 12.7 Å². The molecule has 1 heterocycles. The number of rotatable bonds is 2. The number of hydrogen-bond acceptors (Lipinski definition) is 1. The van der Waals surface area contributed by atoms with E-state index in [1.54, 1.807) is 0 Å². The number of nitrogens with zero attached hydrogens (tertiary/aromatic N) is 2. The molecule has 1 radical (unpaired) electrons. The van der Waals surface area contributed by atoms with Crippen LogP contribution in [0, 0.1) is 6.20 Å². The molecule has 1 rings (SSSR count). The van der Waals surface area contributed by atoms with E-state index in [-0.39, 0.29) is 0 Å². The smallest absolute Gasteiger partial charge is 0.263 e. The standard InChI is InChI=1S/C7H8F3N2/c1-2-4-12-5-3-6(11-12)7(8,9)10/h3H,2,4H2,1H3. The van der Waals surface area contributed by atoms with Gasteiger partial charge in [-0.15, -0.1) is 0 Å². The molecule has 0 fully saturated rings. The second-order valence-electron chi connectivity index (χ2n) is 2.38. The van der Waals surface area contributed by atoms with Crippen molar-refractivity contribution in [1.29, 1.82) is 0 Å². The molecule has 0 spiro atoms. The van der Waals surface area contributed by atoms with Gasteiger partial charge in [0.2, 0.25) is 0 Å². The van der Waals surface area contributed by atoms with Crippen molar-refractivity contribution in [3.63, 3.8) is 0 Å². The number of halogens is 3. The lowest BCUT2D eigenvalue weighted by Crippen LogP contribution is -2.07. The van der Waals surface area contributed by atoms with Crippen LogP contribution in [0.25, 0.3) is 0 Å². The second kappa shape index (κ2) is 3.16. The Balaban J connectivity index is 2.77. The van der Waals surface area contributed by atoms with E-state index in [1.807, 2.05) is 6.92 Å². The predicted molar refractivity (Wildman–Crippen MR) is 36.4 cm³/mol. The van der Waals surface area contributed by atoms with Gasteiger partial charge in [0, 0.05) is 6.54 Å². The fraction of sp³-hybridized carbons (Fsp3) is 0.571. The minimum Gasteiger partial charge on any atom is -0.263 e. The van der Waals surface area contributed by atoms with Gasteiger partial charge in [0.25, 0.3) is 0 Å². The lowest BCUT2D eigenvalue weighted by Gasteiger charge is -2.00. The molecule has 1 aromatic heterocycles. The lowest BCUT2D eigenvalue weighted by molar-refractivity contribution is -0.141. The highest BCUT2D eigenvalue weighted by molar-refractivity contribution is 5.01. The average Bonchev–Trinajstić information content (AvgIpc) is 2.35. The Kier molecular flexibility index (Phi) is 2.40. The SMILES string of the molecule is CCCn1[c]cc(C(F)(F)F)n1. The summed E-state index contributed by atoms with van der Waals surface area (Å²) in [6, 6.07) is 0.857. The van der Waals surface area contributed by atoms with Gasteiger partial charge in [-0.05, 0) is 12.5 Å². The van der Waals surface area contributed by atoms with Gasteiger partial charge in [-0.1, -0.05) is 6.92 Å². The summed E-state index contributed by atoms with van der Waals surface area (Å²) in [4.78, 5) is 0. The van der Waals surface area contributed by atoms with E-state index in [2.05, 4.69) is 11.3 Å². The van der Waals surface area contributed by atoms with E-state index in [4.69, 9.17) is 0 Å². The number of hydrogen-bond donors (Lipinski definition) is 0. The lowest BCUT2D eigenvalue weighted by atomic mass is 10.4. The van der Waals surface area contributed by atoms with Crippen molar-refractivity contribution in [2.45, 2.75) is 26.1 Å². The summed E-state index contributed by atoms with van der Waals surface area (Å²) >= 11 is 0. The van der Waals surface area contributed by atoms with Crippen LogP contribution >= 0.6 is 0 Å². The Labute approximate surface area is 68.0 Å². The third-order valence-electron chi connectivity index (χ3n) is 1.30. The monoisotopic (exact) mass is 177 g/mol. The average molecular weight is 177 g/mol. The van der Waals surface area contributed by atoms with Crippen LogP contribution < -0.4 is 0 Å². The molecule has 0 atom stereocenters. The van der Waals surface area contributed by atoms with Crippen molar-refractivity contribution in [3.05, 3.63) is 18.0 Å². The van der Waals surface area contributed by atoms with E-state index in [0.717, 1.165) is 12.5 Å². The highest BCUT2D eigenvalue weighted by Gasteiger charge is 2.33. The van der Waals surface area contributed by atoms with E-state index in [1.165, 1.54) is 4.68 Å². The van der Waals surface area contributed by atoms with Crippen molar-refractivity contribution in [2.24, 2.45) is 0 Å². The van der Waals surface area contributed by atoms with Crippen molar-refractivity contribution >= 4 is 0 Å². The molecular weight excluding hydrogens is 169 g/mol. The molecular formula is C7H8F3N2. The zero-order valence-corrected chi connectivity index (χ0v) is 6.52. The molecule has 0 aliphatic carbocycles. The molecule has 5 heteroatoms. The van der Waals surface area contributed by atoms with Crippen molar-refractivity contribution in [1.82, 2.24) is 9.78 Å². The normalized spacial score (nSPS) is 12.0. The van der Waals surface area contributed by atoms with Crippen molar-refractivity contribution < 1.29 is 13.2 Å².